The minimum Gasteiger partial charge on any atom is -0.368 e. The molecule has 4 N–H and O–H groups in total. The molecule has 1 amide bonds. The number of primary amides is 1. The first kappa shape index (κ1) is 17.0. The van der Waals surface area contributed by atoms with Crippen LogP contribution >= 0.6 is 0 Å². The van der Waals surface area contributed by atoms with Crippen molar-refractivity contribution in [2.75, 3.05) is 0 Å². The SMILES string of the molecule is C[C@](N)(C(N)=O)C(c1ccc(-c2ccncc2)cc1)C(F)(F)F. The van der Waals surface area contributed by atoms with E-state index in [-0.39, 0.29) is 5.56 Å². The third kappa shape index (κ3) is 3.50. The highest BCUT2D eigenvalue weighted by molar-refractivity contribution is 5.85. The van der Waals surface area contributed by atoms with Gasteiger partial charge in [0.05, 0.1) is 0 Å². The van der Waals surface area contributed by atoms with E-state index >= 15 is 0 Å². The van der Waals surface area contributed by atoms with Crippen LogP contribution in [0.15, 0.2) is 48.8 Å². The van der Waals surface area contributed by atoms with Crippen LogP contribution in [0.25, 0.3) is 11.1 Å². The van der Waals surface area contributed by atoms with Crippen LogP contribution < -0.4 is 11.5 Å². The van der Waals surface area contributed by atoms with E-state index < -0.39 is 23.5 Å². The Bertz CT molecular complexity index is 682. The predicted molar refractivity (Wildman–Crippen MR) is 80.3 cm³/mol. The lowest BCUT2D eigenvalue weighted by Gasteiger charge is -2.33. The highest BCUT2D eigenvalue weighted by atomic mass is 19.4. The van der Waals surface area contributed by atoms with Gasteiger partial charge in [-0.3, -0.25) is 9.78 Å². The van der Waals surface area contributed by atoms with Gasteiger partial charge in [0, 0.05) is 12.4 Å². The first-order chi connectivity index (χ1) is 10.6. The van der Waals surface area contributed by atoms with Crippen molar-refractivity contribution in [1.82, 2.24) is 4.98 Å². The molecule has 1 aromatic carbocycles. The summed E-state index contributed by atoms with van der Waals surface area (Å²) in [5.74, 6) is -3.39. The summed E-state index contributed by atoms with van der Waals surface area (Å²) >= 11 is 0. The van der Waals surface area contributed by atoms with Crippen molar-refractivity contribution in [3.05, 3.63) is 54.4 Å². The van der Waals surface area contributed by atoms with Crippen molar-refractivity contribution >= 4 is 5.91 Å². The number of carbonyl (C=O) groups excluding carboxylic acids is 1. The maximum absolute atomic E-state index is 13.4. The number of halogens is 3. The number of rotatable bonds is 4. The second-order valence-electron chi connectivity index (χ2n) is 5.48. The maximum Gasteiger partial charge on any atom is 0.398 e. The van der Waals surface area contributed by atoms with E-state index in [0.29, 0.717) is 0 Å². The summed E-state index contributed by atoms with van der Waals surface area (Å²) in [6.07, 6.45) is -1.52. The predicted octanol–water partition coefficient (Wildman–Crippen LogP) is 2.60. The molecule has 0 saturated carbocycles. The van der Waals surface area contributed by atoms with Gasteiger partial charge in [-0.05, 0) is 35.7 Å². The van der Waals surface area contributed by atoms with Crippen LogP contribution in [-0.4, -0.2) is 22.6 Å². The minimum atomic E-state index is -4.70. The molecule has 0 radical (unpaired) electrons. The molecule has 0 fully saturated rings. The van der Waals surface area contributed by atoms with Gasteiger partial charge in [0.15, 0.2) is 0 Å². The van der Waals surface area contributed by atoms with Crippen molar-refractivity contribution in [3.8, 4) is 11.1 Å². The molecule has 0 saturated heterocycles. The molecule has 0 aliphatic rings. The molecular weight excluding hydrogens is 307 g/mol. The Balaban J connectivity index is 2.44. The molecule has 0 aliphatic heterocycles. The van der Waals surface area contributed by atoms with Gasteiger partial charge in [-0.1, -0.05) is 24.3 Å². The lowest BCUT2D eigenvalue weighted by atomic mass is 9.79. The van der Waals surface area contributed by atoms with Crippen LogP contribution in [0, 0.1) is 0 Å². The van der Waals surface area contributed by atoms with E-state index in [2.05, 4.69) is 4.98 Å². The van der Waals surface area contributed by atoms with E-state index in [1.807, 2.05) is 0 Å². The third-order valence-corrected chi connectivity index (χ3v) is 3.72. The molecule has 7 heteroatoms. The summed E-state index contributed by atoms with van der Waals surface area (Å²) in [6, 6.07) is 9.18. The monoisotopic (exact) mass is 323 g/mol. The van der Waals surface area contributed by atoms with Crippen molar-refractivity contribution < 1.29 is 18.0 Å². The van der Waals surface area contributed by atoms with Gasteiger partial charge in [0.1, 0.15) is 11.5 Å². The zero-order valence-electron chi connectivity index (χ0n) is 12.3. The Morgan fingerprint density at radius 3 is 1.96 bits per heavy atom. The van der Waals surface area contributed by atoms with E-state index in [1.54, 1.807) is 36.7 Å². The summed E-state index contributed by atoms with van der Waals surface area (Å²) in [5, 5.41) is 0. The topological polar surface area (TPSA) is 82.0 Å². The molecule has 0 bridgehead atoms. The molecule has 1 aromatic heterocycles. The fourth-order valence-electron chi connectivity index (χ4n) is 2.43. The molecule has 122 valence electrons. The first-order valence-electron chi connectivity index (χ1n) is 6.80. The van der Waals surface area contributed by atoms with Gasteiger partial charge in [0.2, 0.25) is 5.91 Å². The molecule has 0 aliphatic carbocycles. The average Bonchev–Trinajstić information content (AvgIpc) is 2.47. The van der Waals surface area contributed by atoms with Crippen molar-refractivity contribution in [2.45, 2.75) is 24.6 Å². The van der Waals surface area contributed by atoms with E-state index in [9.17, 15) is 18.0 Å². The van der Waals surface area contributed by atoms with Gasteiger partial charge < -0.3 is 11.5 Å². The smallest absolute Gasteiger partial charge is 0.368 e. The molecule has 1 heterocycles. The second kappa shape index (κ2) is 6.00. The molecule has 4 nitrogen and oxygen atoms in total. The third-order valence-electron chi connectivity index (χ3n) is 3.72. The largest absolute Gasteiger partial charge is 0.398 e. The highest BCUT2D eigenvalue weighted by Crippen LogP contribution is 2.41. The summed E-state index contributed by atoms with van der Waals surface area (Å²) in [5.41, 5.74) is 9.82. The molecule has 23 heavy (non-hydrogen) atoms. The fourth-order valence-corrected chi connectivity index (χ4v) is 2.43. The normalized spacial score (nSPS) is 15.7. The molecular formula is C16H16F3N3O. The zero-order chi connectivity index (χ0) is 17.3. The van der Waals surface area contributed by atoms with E-state index in [1.165, 1.54) is 12.1 Å². The van der Waals surface area contributed by atoms with Gasteiger partial charge >= 0.3 is 6.18 Å². The van der Waals surface area contributed by atoms with Gasteiger partial charge in [-0.2, -0.15) is 13.2 Å². The Labute approximate surface area is 131 Å². The Kier molecular flexibility index (Phi) is 4.42. The van der Waals surface area contributed by atoms with Crippen LogP contribution in [-0.2, 0) is 4.79 Å². The molecule has 0 spiro atoms. The minimum absolute atomic E-state index is 0.112. The number of amides is 1. The summed E-state index contributed by atoms with van der Waals surface area (Å²) < 4.78 is 40.2. The van der Waals surface area contributed by atoms with Gasteiger partial charge in [-0.25, -0.2) is 0 Å². The number of pyridine rings is 1. The number of carbonyl (C=O) groups is 1. The molecule has 2 rings (SSSR count). The lowest BCUT2D eigenvalue weighted by Crippen LogP contribution is -2.57. The first-order valence-corrected chi connectivity index (χ1v) is 6.80. The van der Waals surface area contributed by atoms with Crippen LogP contribution in [0.2, 0.25) is 0 Å². The summed E-state index contributed by atoms with van der Waals surface area (Å²) in [7, 11) is 0. The maximum atomic E-state index is 13.4. The number of hydrogen-bond acceptors (Lipinski definition) is 3. The summed E-state index contributed by atoms with van der Waals surface area (Å²) in [4.78, 5) is 15.2. The Morgan fingerprint density at radius 1 is 1.04 bits per heavy atom. The Morgan fingerprint density at radius 2 is 1.52 bits per heavy atom. The Hall–Kier alpha value is -2.41. The molecule has 2 atom stereocenters. The van der Waals surface area contributed by atoms with Crippen molar-refractivity contribution in [1.29, 1.82) is 0 Å². The molecule has 2 aromatic rings. The molecule has 1 unspecified atom stereocenters. The van der Waals surface area contributed by atoms with Crippen molar-refractivity contribution in [3.63, 3.8) is 0 Å². The van der Waals surface area contributed by atoms with Gasteiger partial charge in [-0.15, -0.1) is 0 Å². The van der Waals surface area contributed by atoms with Crippen LogP contribution in [0.1, 0.15) is 18.4 Å². The number of aromatic nitrogens is 1. The highest BCUT2D eigenvalue weighted by Gasteiger charge is 2.53. The number of nitrogens with two attached hydrogens (primary N) is 2. The number of benzene rings is 1. The summed E-state index contributed by atoms with van der Waals surface area (Å²) in [6.45, 7) is 0.990. The quantitative estimate of drug-likeness (QED) is 0.907. The lowest BCUT2D eigenvalue weighted by molar-refractivity contribution is -0.169. The number of hydrogen-bond donors (Lipinski definition) is 2. The second-order valence-corrected chi connectivity index (χ2v) is 5.48. The number of alkyl halides is 3. The number of nitrogens with zero attached hydrogens (tertiary/aromatic N) is 1. The van der Waals surface area contributed by atoms with Gasteiger partial charge in [0.25, 0.3) is 0 Å². The zero-order valence-corrected chi connectivity index (χ0v) is 12.3. The van der Waals surface area contributed by atoms with Crippen LogP contribution in [0.4, 0.5) is 13.2 Å². The standard InChI is InChI=1S/C16H16F3N3O/c1-15(21,14(20)23)13(16(17,18)19)12-4-2-10(3-5-12)11-6-8-22-9-7-11/h2-9,13H,21H2,1H3,(H2,20,23)/t13?,15-/m1/s1. The van der Waals surface area contributed by atoms with Crippen LogP contribution in [0.3, 0.4) is 0 Å². The van der Waals surface area contributed by atoms with E-state index in [0.717, 1.165) is 18.1 Å². The van der Waals surface area contributed by atoms with Crippen molar-refractivity contribution in [2.24, 2.45) is 11.5 Å². The van der Waals surface area contributed by atoms with Crippen LogP contribution in [0.5, 0.6) is 0 Å². The van der Waals surface area contributed by atoms with E-state index in [4.69, 9.17) is 11.5 Å². The fraction of sp³-hybridized carbons (Fsp3) is 0.250. The average molecular weight is 323 g/mol.